The van der Waals surface area contributed by atoms with Crippen LogP contribution in [0.15, 0.2) is 87.6 Å². The van der Waals surface area contributed by atoms with Crippen LogP contribution in [0.5, 0.6) is 0 Å². The molecule has 1 heterocycles. The van der Waals surface area contributed by atoms with E-state index in [4.69, 9.17) is 11.5 Å². The molecule has 0 atom stereocenters. The van der Waals surface area contributed by atoms with Crippen LogP contribution >= 0.6 is 0 Å². The van der Waals surface area contributed by atoms with E-state index in [9.17, 15) is 8.42 Å². The first-order valence-electron chi connectivity index (χ1n) is 10.6. The van der Waals surface area contributed by atoms with Crippen molar-refractivity contribution >= 4 is 43.5 Å². The number of benzene rings is 4. The quantitative estimate of drug-likeness (QED) is 0.429. The van der Waals surface area contributed by atoms with Crippen molar-refractivity contribution in [3.05, 3.63) is 89.5 Å². The molecule has 1 aliphatic rings. The summed E-state index contributed by atoms with van der Waals surface area (Å²) in [5, 5.41) is 2.22. The summed E-state index contributed by atoms with van der Waals surface area (Å²) < 4.78 is 25.8. The number of aryl methyl sites for hydroxylation is 1. The molecule has 0 aliphatic carbocycles. The number of hydrogen-bond donors (Lipinski definition) is 2. The molecule has 166 valence electrons. The largest absolute Gasteiger partial charge is 0.399 e. The third-order valence-electron chi connectivity index (χ3n) is 6.10. The Hall–Kier alpha value is -3.84. The van der Waals surface area contributed by atoms with Gasteiger partial charge in [0.15, 0.2) is 0 Å². The molecule has 33 heavy (non-hydrogen) atoms. The molecule has 4 aromatic carbocycles. The fourth-order valence-electron chi connectivity index (χ4n) is 4.36. The van der Waals surface area contributed by atoms with E-state index >= 15 is 0 Å². The minimum Gasteiger partial charge on any atom is -0.399 e. The van der Waals surface area contributed by atoms with E-state index in [1.807, 2.05) is 31.3 Å². The van der Waals surface area contributed by atoms with Crippen molar-refractivity contribution in [2.75, 3.05) is 17.7 Å². The zero-order valence-electron chi connectivity index (χ0n) is 18.4. The topological polar surface area (TPSA) is 102 Å². The Bertz CT molecular complexity index is 1520. The van der Waals surface area contributed by atoms with Crippen molar-refractivity contribution in [1.29, 1.82) is 0 Å². The average molecular weight is 457 g/mol. The smallest absolute Gasteiger partial charge is 0.206 e. The van der Waals surface area contributed by atoms with Gasteiger partial charge in [0.25, 0.3) is 0 Å². The van der Waals surface area contributed by atoms with Gasteiger partial charge in [-0.05, 0) is 66.6 Å². The summed E-state index contributed by atoms with van der Waals surface area (Å²) >= 11 is 0. The second kappa shape index (κ2) is 7.64. The highest BCUT2D eigenvalue weighted by Gasteiger charge is 2.21. The van der Waals surface area contributed by atoms with Gasteiger partial charge in [-0.2, -0.15) is 0 Å². The molecule has 0 aromatic heterocycles. The molecule has 0 saturated carbocycles. The molecule has 0 saturated heterocycles. The maximum Gasteiger partial charge on any atom is 0.206 e. The van der Waals surface area contributed by atoms with Crippen molar-refractivity contribution < 1.29 is 8.42 Å². The Balaban J connectivity index is 1.44. The van der Waals surface area contributed by atoms with E-state index in [0.717, 1.165) is 38.8 Å². The van der Waals surface area contributed by atoms with E-state index in [-0.39, 0.29) is 9.79 Å². The van der Waals surface area contributed by atoms with E-state index in [0.29, 0.717) is 18.1 Å². The molecule has 0 unspecified atom stereocenters. The van der Waals surface area contributed by atoms with Crippen LogP contribution in [0.2, 0.25) is 0 Å². The van der Waals surface area contributed by atoms with Crippen LogP contribution in [0.4, 0.5) is 17.1 Å². The SMILES string of the molecule is Cc1ccc2c3c(ccc(N(C)Cc4ccc(S(=O)(=O)c5ccc(N)cc5)cc4)c13)N=C2N. The molecule has 0 bridgehead atoms. The Morgan fingerprint density at radius 2 is 1.45 bits per heavy atom. The number of amidine groups is 1. The highest BCUT2D eigenvalue weighted by molar-refractivity contribution is 7.91. The van der Waals surface area contributed by atoms with Crippen LogP contribution < -0.4 is 16.4 Å². The highest BCUT2D eigenvalue weighted by Crippen LogP contribution is 2.41. The van der Waals surface area contributed by atoms with E-state index in [2.05, 4.69) is 28.9 Å². The summed E-state index contributed by atoms with van der Waals surface area (Å²) in [6.45, 7) is 2.71. The van der Waals surface area contributed by atoms with Crippen LogP contribution in [0.3, 0.4) is 0 Å². The first-order valence-corrected chi connectivity index (χ1v) is 12.1. The maximum atomic E-state index is 12.9. The van der Waals surface area contributed by atoms with Gasteiger partial charge in [0, 0.05) is 41.3 Å². The van der Waals surface area contributed by atoms with Gasteiger partial charge < -0.3 is 16.4 Å². The predicted molar refractivity (Wildman–Crippen MR) is 134 cm³/mol. The van der Waals surface area contributed by atoms with Crippen LogP contribution in [0.1, 0.15) is 16.7 Å². The standard InChI is InChI=1S/C26H24N4O2S/c1-16-3-12-21-25-22(29-26(21)28)13-14-23(24(16)25)30(2)15-17-4-8-19(9-5-17)33(31,32)20-10-6-18(27)7-11-20/h3-14H,15,27H2,1-2H3,(H2,28,29). The molecule has 0 amide bonds. The van der Waals surface area contributed by atoms with E-state index in [1.54, 1.807) is 24.3 Å². The maximum absolute atomic E-state index is 12.9. The number of nitrogens with zero attached hydrogens (tertiary/aromatic N) is 2. The second-order valence-electron chi connectivity index (χ2n) is 8.35. The minimum absolute atomic E-state index is 0.228. The predicted octanol–water partition coefficient (Wildman–Crippen LogP) is 4.55. The lowest BCUT2D eigenvalue weighted by Gasteiger charge is -2.23. The molecular formula is C26H24N4O2S. The summed E-state index contributed by atoms with van der Waals surface area (Å²) in [5.41, 5.74) is 17.4. The van der Waals surface area contributed by atoms with Crippen molar-refractivity contribution in [3.8, 4) is 0 Å². The van der Waals surface area contributed by atoms with E-state index in [1.165, 1.54) is 12.1 Å². The highest BCUT2D eigenvalue weighted by atomic mass is 32.2. The fourth-order valence-corrected chi connectivity index (χ4v) is 5.62. The first kappa shape index (κ1) is 21.0. The minimum atomic E-state index is -3.59. The summed E-state index contributed by atoms with van der Waals surface area (Å²) in [5.74, 6) is 0.549. The number of aliphatic imine (C=N–C) groups is 1. The lowest BCUT2D eigenvalue weighted by molar-refractivity contribution is 0.596. The van der Waals surface area contributed by atoms with Gasteiger partial charge in [-0.25, -0.2) is 13.4 Å². The van der Waals surface area contributed by atoms with Gasteiger partial charge in [0.1, 0.15) is 5.84 Å². The average Bonchev–Trinajstić information content (AvgIpc) is 3.12. The normalized spacial score (nSPS) is 12.7. The molecule has 4 aromatic rings. The fraction of sp³-hybridized carbons (Fsp3) is 0.115. The first-order chi connectivity index (χ1) is 15.8. The van der Waals surface area contributed by atoms with Crippen LogP contribution in [-0.4, -0.2) is 21.3 Å². The van der Waals surface area contributed by atoms with E-state index < -0.39 is 9.84 Å². The molecule has 0 radical (unpaired) electrons. The Kier molecular flexibility index (Phi) is 4.87. The summed E-state index contributed by atoms with van der Waals surface area (Å²) in [4.78, 5) is 7.14. The van der Waals surface area contributed by atoms with Gasteiger partial charge in [0.05, 0.1) is 15.5 Å². The van der Waals surface area contributed by atoms with Crippen molar-refractivity contribution in [2.45, 2.75) is 23.3 Å². The third-order valence-corrected chi connectivity index (χ3v) is 7.88. The van der Waals surface area contributed by atoms with Crippen molar-refractivity contribution in [1.82, 2.24) is 0 Å². The molecule has 0 fully saturated rings. The van der Waals surface area contributed by atoms with Gasteiger partial charge in [-0.3, -0.25) is 0 Å². The Labute approximate surface area is 193 Å². The molecule has 4 N–H and O–H groups in total. The van der Waals surface area contributed by atoms with Gasteiger partial charge in [0.2, 0.25) is 9.84 Å². The summed E-state index contributed by atoms with van der Waals surface area (Å²) in [7, 11) is -1.56. The number of sulfone groups is 1. The van der Waals surface area contributed by atoms with Gasteiger partial charge >= 0.3 is 0 Å². The molecule has 1 aliphatic heterocycles. The number of nitrogens with two attached hydrogens (primary N) is 2. The molecule has 5 rings (SSSR count). The monoisotopic (exact) mass is 456 g/mol. The van der Waals surface area contributed by atoms with Crippen LogP contribution in [-0.2, 0) is 16.4 Å². The summed E-state index contributed by atoms with van der Waals surface area (Å²) in [6.07, 6.45) is 0. The third kappa shape index (κ3) is 3.50. The lowest BCUT2D eigenvalue weighted by atomic mass is 9.98. The molecular weight excluding hydrogens is 432 g/mol. The van der Waals surface area contributed by atoms with Crippen molar-refractivity contribution in [2.24, 2.45) is 10.7 Å². The molecule has 6 nitrogen and oxygen atoms in total. The molecule has 0 spiro atoms. The van der Waals surface area contributed by atoms with Gasteiger partial charge in [-0.15, -0.1) is 0 Å². The van der Waals surface area contributed by atoms with Crippen LogP contribution in [0.25, 0.3) is 10.8 Å². The Morgan fingerprint density at radius 1 is 0.818 bits per heavy atom. The lowest BCUT2D eigenvalue weighted by Crippen LogP contribution is -2.17. The Morgan fingerprint density at radius 3 is 2.12 bits per heavy atom. The zero-order chi connectivity index (χ0) is 23.3. The summed E-state index contributed by atoms with van der Waals surface area (Å²) in [6, 6.07) is 21.4. The number of hydrogen-bond acceptors (Lipinski definition) is 6. The number of rotatable bonds is 5. The zero-order valence-corrected chi connectivity index (χ0v) is 19.2. The number of anilines is 2. The molecule has 7 heteroatoms. The second-order valence-corrected chi connectivity index (χ2v) is 10.3. The van der Waals surface area contributed by atoms with Crippen LogP contribution in [0, 0.1) is 6.92 Å². The van der Waals surface area contributed by atoms with Gasteiger partial charge in [-0.1, -0.05) is 24.3 Å². The van der Waals surface area contributed by atoms with Crippen molar-refractivity contribution in [3.63, 3.8) is 0 Å². The number of nitrogen functional groups attached to an aromatic ring is 1.